The molecule has 0 aliphatic rings. The SMILES string of the molecule is CCn1c(CSc2nccc(C)n2)nc2cc(NC(=O)c3cccc(Br)c3)ccc21. The van der Waals surface area contributed by atoms with Gasteiger partial charge in [0.2, 0.25) is 0 Å². The molecule has 2 aromatic carbocycles. The van der Waals surface area contributed by atoms with Gasteiger partial charge in [0.25, 0.3) is 5.91 Å². The summed E-state index contributed by atoms with van der Waals surface area (Å²) in [4.78, 5) is 26.1. The molecule has 0 saturated heterocycles. The highest BCUT2D eigenvalue weighted by molar-refractivity contribution is 9.10. The minimum Gasteiger partial charge on any atom is -0.328 e. The van der Waals surface area contributed by atoms with Crippen molar-refractivity contribution in [3.05, 3.63) is 76.3 Å². The van der Waals surface area contributed by atoms with E-state index in [1.807, 2.05) is 43.3 Å². The van der Waals surface area contributed by atoms with Gasteiger partial charge in [-0.2, -0.15) is 0 Å². The van der Waals surface area contributed by atoms with E-state index >= 15 is 0 Å². The van der Waals surface area contributed by atoms with Gasteiger partial charge in [-0.3, -0.25) is 4.79 Å². The lowest BCUT2D eigenvalue weighted by molar-refractivity contribution is 0.102. The zero-order valence-corrected chi connectivity index (χ0v) is 19.0. The smallest absolute Gasteiger partial charge is 0.255 e. The van der Waals surface area contributed by atoms with E-state index in [0.717, 1.165) is 44.4 Å². The molecule has 0 aliphatic heterocycles. The number of imidazole rings is 1. The van der Waals surface area contributed by atoms with Crippen LogP contribution in [-0.2, 0) is 12.3 Å². The normalized spacial score (nSPS) is 11.0. The molecule has 0 spiro atoms. The predicted octanol–water partition coefficient (Wildman–Crippen LogP) is 5.46. The van der Waals surface area contributed by atoms with E-state index < -0.39 is 0 Å². The maximum atomic E-state index is 12.5. The summed E-state index contributed by atoms with van der Waals surface area (Å²) in [5, 5.41) is 3.70. The number of rotatable bonds is 6. The summed E-state index contributed by atoms with van der Waals surface area (Å²) >= 11 is 4.97. The molecule has 1 amide bonds. The Morgan fingerprint density at radius 2 is 2.03 bits per heavy atom. The van der Waals surface area contributed by atoms with Gasteiger partial charge in [-0.1, -0.05) is 33.8 Å². The van der Waals surface area contributed by atoms with Crippen molar-refractivity contribution in [2.24, 2.45) is 0 Å². The maximum absolute atomic E-state index is 12.5. The van der Waals surface area contributed by atoms with Crippen molar-refractivity contribution in [2.45, 2.75) is 31.3 Å². The molecular weight excluding hydrogens is 462 g/mol. The molecular formula is C22H20BrN5OS. The van der Waals surface area contributed by atoms with Crippen molar-refractivity contribution in [1.82, 2.24) is 19.5 Å². The third kappa shape index (κ3) is 4.55. The second-order valence-corrected chi connectivity index (χ2v) is 8.57. The number of halogens is 1. The van der Waals surface area contributed by atoms with Crippen molar-refractivity contribution >= 4 is 50.3 Å². The van der Waals surface area contributed by atoms with Crippen molar-refractivity contribution in [2.75, 3.05) is 5.32 Å². The molecule has 152 valence electrons. The van der Waals surface area contributed by atoms with Crippen molar-refractivity contribution in [1.29, 1.82) is 0 Å². The summed E-state index contributed by atoms with van der Waals surface area (Å²) in [6, 6.07) is 15.0. The van der Waals surface area contributed by atoms with Crippen LogP contribution in [0.2, 0.25) is 0 Å². The minimum atomic E-state index is -0.155. The molecule has 2 aromatic heterocycles. The number of nitrogens with zero attached hydrogens (tertiary/aromatic N) is 4. The molecule has 2 heterocycles. The summed E-state index contributed by atoms with van der Waals surface area (Å²) in [7, 11) is 0. The van der Waals surface area contributed by atoms with Crippen LogP contribution >= 0.6 is 27.7 Å². The van der Waals surface area contributed by atoms with Crippen LogP contribution in [0.5, 0.6) is 0 Å². The average molecular weight is 482 g/mol. The van der Waals surface area contributed by atoms with E-state index in [2.05, 4.69) is 42.7 Å². The van der Waals surface area contributed by atoms with Gasteiger partial charge in [0, 0.05) is 34.2 Å². The van der Waals surface area contributed by atoms with Crippen molar-refractivity contribution < 1.29 is 4.79 Å². The summed E-state index contributed by atoms with van der Waals surface area (Å²) in [6.07, 6.45) is 1.77. The van der Waals surface area contributed by atoms with E-state index in [1.54, 1.807) is 30.1 Å². The third-order valence-corrected chi connectivity index (χ3v) is 5.94. The Bertz CT molecular complexity index is 1220. The highest BCUT2D eigenvalue weighted by Crippen LogP contribution is 2.25. The highest BCUT2D eigenvalue weighted by Gasteiger charge is 2.13. The summed E-state index contributed by atoms with van der Waals surface area (Å²) in [5.74, 6) is 1.47. The number of carbonyl (C=O) groups excluding carboxylic acids is 1. The number of amides is 1. The van der Waals surface area contributed by atoms with E-state index in [4.69, 9.17) is 4.98 Å². The number of fused-ring (bicyclic) bond motifs is 1. The maximum Gasteiger partial charge on any atom is 0.255 e. The number of aromatic nitrogens is 4. The molecule has 0 fully saturated rings. The van der Waals surface area contributed by atoms with Crippen LogP contribution in [0, 0.1) is 6.92 Å². The fraction of sp³-hybridized carbons (Fsp3) is 0.182. The van der Waals surface area contributed by atoms with Gasteiger partial charge in [0.1, 0.15) is 5.82 Å². The molecule has 4 aromatic rings. The first-order valence-corrected chi connectivity index (χ1v) is 11.3. The lowest BCUT2D eigenvalue weighted by Gasteiger charge is -2.07. The first-order valence-electron chi connectivity index (χ1n) is 9.52. The number of nitrogens with one attached hydrogen (secondary N) is 1. The molecule has 0 radical (unpaired) electrons. The van der Waals surface area contributed by atoms with Crippen LogP contribution in [0.1, 0.15) is 28.8 Å². The molecule has 30 heavy (non-hydrogen) atoms. The Morgan fingerprint density at radius 1 is 1.17 bits per heavy atom. The minimum absolute atomic E-state index is 0.155. The summed E-state index contributed by atoms with van der Waals surface area (Å²) in [5.41, 5.74) is 4.15. The van der Waals surface area contributed by atoms with Crippen LogP contribution in [0.15, 0.2) is 64.4 Å². The predicted molar refractivity (Wildman–Crippen MR) is 124 cm³/mol. The number of hydrogen-bond acceptors (Lipinski definition) is 5. The van der Waals surface area contributed by atoms with E-state index in [9.17, 15) is 4.79 Å². The Kier molecular flexibility index (Phi) is 6.15. The quantitative estimate of drug-likeness (QED) is 0.292. The van der Waals surface area contributed by atoms with Gasteiger partial charge < -0.3 is 9.88 Å². The number of benzene rings is 2. The van der Waals surface area contributed by atoms with Crippen molar-refractivity contribution in [3.63, 3.8) is 0 Å². The monoisotopic (exact) mass is 481 g/mol. The van der Waals surface area contributed by atoms with Gasteiger partial charge in [0.15, 0.2) is 5.16 Å². The van der Waals surface area contributed by atoms with Crippen LogP contribution in [-0.4, -0.2) is 25.4 Å². The Hall–Kier alpha value is -2.71. The van der Waals surface area contributed by atoms with Crippen LogP contribution < -0.4 is 5.32 Å². The van der Waals surface area contributed by atoms with E-state index in [0.29, 0.717) is 11.3 Å². The van der Waals surface area contributed by atoms with Gasteiger partial charge in [0.05, 0.1) is 16.8 Å². The second kappa shape index (κ2) is 8.97. The lowest BCUT2D eigenvalue weighted by Crippen LogP contribution is -2.11. The standard InChI is InChI=1S/C22H20BrN5OS/c1-3-28-19-8-7-17(26-21(29)15-5-4-6-16(23)11-15)12-18(19)27-20(28)13-30-22-24-10-9-14(2)25-22/h4-12H,3,13H2,1-2H3,(H,26,29). The van der Waals surface area contributed by atoms with E-state index in [-0.39, 0.29) is 5.91 Å². The number of aryl methyl sites for hydroxylation is 2. The molecule has 4 rings (SSSR count). The zero-order chi connectivity index (χ0) is 21.1. The summed E-state index contributed by atoms with van der Waals surface area (Å²) < 4.78 is 3.05. The molecule has 8 heteroatoms. The largest absolute Gasteiger partial charge is 0.328 e. The lowest BCUT2D eigenvalue weighted by atomic mass is 10.2. The number of thioether (sulfide) groups is 1. The van der Waals surface area contributed by atoms with Crippen LogP contribution in [0.3, 0.4) is 0 Å². The van der Waals surface area contributed by atoms with Crippen LogP contribution in [0.4, 0.5) is 5.69 Å². The Labute approximate surface area is 187 Å². The molecule has 0 aliphatic carbocycles. The first kappa shape index (κ1) is 20.6. The number of anilines is 1. The summed E-state index contributed by atoms with van der Waals surface area (Å²) in [6.45, 7) is 4.86. The zero-order valence-electron chi connectivity index (χ0n) is 16.6. The second-order valence-electron chi connectivity index (χ2n) is 6.71. The topological polar surface area (TPSA) is 72.7 Å². The van der Waals surface area contributed by atoms with Gasteiger partial charge in [-0.05, 0) is 56.3 Å². The Morgan fingerprint density at radius 3 is 2.80 bits per heavy atom. The molecule has 0 unspecified atom stereocenters. The highest BCUT2D eigenvalue weighted by atomic mass is 79.9. The molecule has 0 saturated carbocycles. The number of hydrogen-bond donors (Lipinski definition) is 1. The average Bonchev–Trinajstić information content (AvgIpc) is 3.09. The van der Waals surface area contributed by atoms with E-state index in [1.165, 1.54) is 0 Å². The van der Waals surface area contributed by atoms with Crippen molar-refractivity contribution in [3.8, 4) is 0 Å². The molecule has 1 N–H and O–H groups in total. The van der Waals surface area contributed by atoms with Gasteiger partial charge >= 0.3 is 0 Å². The fourth-order valence-corrected chi connectivity index (χ4v) is 4.40. The number of carbonyl (C=O) groups is 1. The fourth-order valence-electron chi connectivity index (χ4n) is 3.18. The molecule has 6 nitrogen and oxygen atoms in total. The van der Waals surface area contributed by atoms with Gasteiger partial charge in [-0.25, -0.2) is 15.0 Å². The first-order chi connectivity index (χ1) is 14.5. The van der Waals surface area contributed by atoms with Crippen LogP contribution in [0.25, 0.3) is 11.0 Å². The molecule has 0 atom stereocenters. The molecule has 0 bridgehead atoms. The Balaban J connectivity index is 1.56. The third-order valence-electron chi connectivity index (χ3n) is 4.59. The van der Waals surface area contributed by atoms with Gasteiger partial charge in [-0.15, -0.1) is 0 Å².